The van der Waals surface area contributed by atoms with E-state index < -0.39 is 17.9 Å². The Kier molecular flexibility index (Phi) is 5.72. The van der Waals surface area contributed by atoms with Gasteiger partial charge in [-0.25, -0.2) is 4.98 Å². The highest BCUT2D eigenvalue weighted by molar-refractivity contribution is 9.10. The Bertz CT molecular complexity index is 1340. The number of ether oxygens (including phenoxy) is 1. The summed E-state index contributed by atoms with van der Waals surface area (Å²) < 4.78 is 8.28. The molecule has 1 aromatic heterocycles. The minimum absolute atomic E-state index is 0.198. The number of hydrogen-bond acceptors (Lipinski definition) is 4. The molecule has 6 nitrogen and oxygen atoms in total. The van der Waals surface area contributed by atoms with E-state index >= 15 is 0 Å². The van der Waals surface area contributed by atoms with E-state index in [0.29, 0.717) is 12.5 Å². The molecule has 0 fully saturated rings. The highest BCUT2D eigenvalue weighted by atomic mass is 79.9. The average Bonchev–Trinajstić information content (AvgIpc) is 3.20. The Labute approximate surface area is 199 Å². The molecule has 0 aliphatic carbocycles. The first-order chi connectivity index (χ1) is 16.1. The minimum Gasteiger partial charge on any atom is -0.465 e. The van der Waals surface area contributed by atoms with Crippen LogP contribution in [0.3, 0.4) is 0 Å². The summed E-state index contributed by atoms with van der Waals surface area (Å²) in [5.41, 5.74) is 3.41. The Morgan fingerprint density at radius 1 is 1.03 bits per heavy atom. The molecule has 4 aromatic rings. The standard InChI is InChI=1S/C26H22BrN3O3/c1-2-33-25(32)22-23(18-11-8-12-19(27)15-18)30-21-14-7-6-13-20(21)28-26(30)29(24(22)31)16-17-9-4-3-5-10-17/h3-15,22-23H,2,16H2,1H3/t22-,23+/m1/s1. The van der Waals surface area contributed by atoms with E-state index in [2.05, 4.69) is 15.9 Å². The quantitative estimate of drug-likeness (QED) is 0.280. The molecule has 1 aliphatic rings. The number of halogens is 1. The van der Waals surface area contributed by atoms with Crippen LogP contribution in [0.15, 0.2) is 83.3 Å². The lowest BCUT2D eigenvalue weighted by atomic mass is 9.89. The number of anilines is 1. The number of benzene rings is 3. The number of para-hydroxylation sites is 2. The third-order valence-electron chi connectivity index (χ3n) is 5.86. The lowest BCUT2D eigenvalue weighted by Gasteiger charge is -2.38. The highest BCUT2D eigenvalue weighted by Crippen LogP contribution is 2.42. The van der Waals surface area contributed by atoms with E-state index in [0.717, 1.165) is 26.6 Å². The number of amides is 1. The number of imidazole rings is 1. The summed E-state index contributed by atoms with van der Waals surface area (Å²) >= 11 is 3.53. The number of nitrogens with zero attached hydrogens (tertiary/aromatic N) is 3. The van der Waals surface area contributed by atoms with Crippen molar-refractivity contribution in [1.29, 1.82) is 0 Å². The monoisotopic (exact) mass is 503 g/mol. The summed E-state index contributed by atoms with van der Waals surface area (Å²) in [6.45, 7) is 2.26. The maximum atomic E-state index is 13.9. The first-order valence-corrected chi connectivity index (χ1v) is 11.6. The Morgan fingerprint density at radius 2 is 1.79 bits per heavy atom. The molecule has 2 atom stereocenters. The van der Waals surface area contributed by atoms with E-state index in [1.54, 1.807) is 11.8 Å². The van der Waals surface area contributed by atoms with Crippen molar-refractivity contribution >= 4 is 44.8 Å². The first kappa shape index (κ1) is 21.4. The SMILES string of the molecule is CCOC(=O)[C@H]1C(=O)N(Cc2ccccc2)c2nc3ccccc3n2[C@H]1c1cccc(Br)c1. The third-order valence-corrected chi connectivity index (χ3v) is 6.35. The van der Waals surface area contributed by atoms with Crippen LogP contribution in [0.4, 0.5) is 5.95 Å². The van der Waals surface area contributed by atoms with E-state index in [-0.39, 0.29) is 12.5 Å². The molecular formula is C26H22BrN3O3. The van der Waals surface area contributed by atoms with Crippen molar-refractivity contribution in [3.63, 3.8) is 0 Å². The zero-order chi connectivity index (χ0) is 22.9. The van der Waals surface area contributed by atoms with Crippen LogP contribution in [0, 0.1) is 5.92 Å². The summed E-state index contributed by atoms with van der Waals surface area (Å²) in [7, 11) is 0. The number of carbonyl (C=O) groups excluding carboxylic acids is 2. The predicted octanol–water partition coefficient (Wildman–Crippen LogP) is 5.11. The largest absolute Gasteiger partial charge is 0.465 e. The molecule has 1 aliphatic heterocycles. The van der Waals surface area contributed by atoms with Gasteiger partial charge >= 0.3 is 5.97 Å². The fourth-order valence-corrected chi connectivity index (χ4v) is 4.87. The van der Waals surface area contributed by atoms with Crippen molar-refractivity contribution in [3.05, 3.63) is 94.5 Å². The number of fused-ring (bicyclic) bond motifs is 3. The Morgan fingerprint density at radius 3 is 2.55 bits per heavy atom. The van der Waals surface area contributed by atoms with Gasteiger partial charge in [-0.05, 0) is 42.3 Å². The number of hydrogen-bond donors (Lipinski definition) is 0. The summed E-state index contributed by atoms with van der Waals surface area (Å²) in [5.74, 6) is -1.36. The van der Waals surface area contributed by atoms with Gasteiger partial charge < -0.3 is 9.30 Å². The molecule has 0 bridgehead atoms. The molecule has 33 heavy (non-hydrogen) atoms. The fraction of sp³-hybridized carbons (Fsp3) is 0.192. The summed E-state index contributed by atoms with van der Waals surface area (Å²) in [6.07, 6.45) is 0. The number of carbonyl (C=O) groups is 2. The van der Waals surface area contributed by atoms with Crippen molar-refractivity contribution in [2.75, 3.05) is 11.5 Å². The molecule has 166 valence electrons. The van der Waals surface area contributed by atoms with Crippen molar-refractivity contribution in [2.24, 2.45) is 5.92 Å². The maximum absolute atomic E-state index is 13.9. The topological polar surface area (TPSA) is 64.4 Å². The summed E-state index contributed by atoms with van der Waals surface area (Å²) in [5, 5.41) is 0. The molecule has 5 rings (SSSR count). The second-order valence-electron chi connectivity index (χ2n) is 7.91. The smallest absolute Gasteiger partial charge is 0.321 e. The zero-order valence-corrected chi connectivity index (χ0v) is 19.6. The van der Waals surface area contributed by atoms with Crippen LogP contribution < -0.4 is 4.90 Å². The molecule has 0 saturated heterocycles. The van der Waals surface area contributed by atoms with Crippen LogP contribution in [-0.2, 0) is 20.9 Å². The van der Waals surface area contributed by atoms with Crippen LogP contribution in [-0.4, -0.2) is 28.0 Å². The van der Waals surface area contributed by atoms with Gasteiger partial charge in [-0.1, -0.05) is 70.5 Å². The van der Waals surface area contributed by atoms with Gasteiger partial charge in [0.05, 0.1) is 30.2 Å². The normalized spacial score (nSPS) is 17.8. The molecule has 0 spiro atoms. The zero-order valence-electron chi connectivity index (χ0n) is 18.0. The van der Waals surface area contributed by atoms with E-state index in [1.807, 2.05) is 83.4 Å². The van der Waals surface area contributed by atoms with Crippen molar-refractivity contribution in [1.82, 2.24) is 9.55 Å². The van der Waals surface area contributed by atoms with Gasteiger partial charge in [0, 0.05) is 4.47 Å². The van der Waals surface area contributed by atoms with E-state index in [1.165, 1.54) is 0 Å². The highest BCUT2D eigenvalue weighted by Gasteiger charge is 2.47. The molecule has 0 N–H and O–H groups in total. The van der Waals surface area contributed by atoms with Crippen molar-refractivity contribution < 1.29 is 14.3 Å². The second kappa shape index (κ2) is 8.83. The maximum Gasteiger partial charge on any atom is 0.321 e. The molecule has 3 aromatic carbocycles. The number of aromatic nitrogens is 2. The van der Waals surface area contributed by atoms with Gasteiger partial charge in [-0.15, -0.1) is 0 Å². The Balaban J connectivity index is 1.76. The Hall–Kier alpha value is -3.45. The van der Waals surface area contributed by atoms with E-state index in [9.17, 15) is 9.59 Å². The molecule has 0 radical (unpaired) electrons. The van der Waals surface area contributed by atoms with Gasteiger partial charge in [-0.3, -0.25) is 14.5 Å². The van der Waals surface area contributed by atoms with Gasteiger partial charge in [0.1, 0.15) is 0 Å². The van der Waals surface area contributed by atoms with Crippen LogP contribution >= 0.6 is 15.9 Å². The van der Waals surface area contributed by atoms with Gasteiger partial charge in [0.25, 0.3) is 0 Å². The number of esters is 1. The predicted molar refractivity (Wildman–Crippen MR) is 130 cm³/mol. The first-order valence-electron chi connectivity index (χ1n) is 10.8. The lowest BCUT2D eigenvalue weighted by molar-refractivity contribution is -0.153. The lowest BCUT2D eigenvalue weighted by Crippen LogP contribution is -2.49. The average molecular weight is 504 g/mol. The van der Waals surface area contributed by atoms with Crippen LogP contribution in [0.5, 0.6) is 0 Å². The second-order valence-corrected chi connectivity index (χ2v) is 8.83. The van der Waals surface area contributed by atoms with Crippen molar-refractivity contribution in [3.8, 4) is 0 Å². The molecule has 2 heterocycles. The molecule has 0 saturated carbocycles. The van der Waals surface area contributed by atoms with Crippen LogP contribution in [0.25, 0.3) is 11.0 Å². The van der Waals surface area contributed by atoms with Gasteiger partial charge in [0.2, 0.25) is 11.9 Å². The molecule has 7 heteroatoms. The van der Waals surface area contributed by atoms with E-state index in [4.69, 9.17) is 9.72 Å². The van der Waals surface area contributed by atoms with Gasteiger partial charge in [-0.2, -0.15) is 0 Å². The number of rotatable bonds is 5. The van der Waals surface area contributed by atoms with Crippen LogP contribution in [0.1, 0.15) is 24.1 Å². The molecule has 1 amide bonds. The molecular weight excluding hydrogens is 482 g/mol. The molecule has 0 unspecified atom stereocenters. The van der Waals surface area contributed by atoms with Crippen LogP contribution in [0.2, 0.25) is 0 Å². The minimum atomic E-state index is -1.03. The van der Waals surface area contributed by atoms with Crippen molar-refractivity contribution in [2.45, 2.75) is 19.5 Å². The fourth-order valence-electron chi connectivity index (χ4n) is 4.46. The van der Waals surface area contributed by atoms with Gasteiger partial charge in [0.15, 0.2) is 5.92 Å². The summed E-state index contributed by atoms with van der Waals surface area (Å²) in [6, 6.07) is 24.6. The summed E-state index contributed by atoms with van der Waals surface area (Å²) in [4.78, 5) is 33.6. The third kappa shape index (κ3) is 3.82.